The molecule has 0 bridgehead atoms. The molecule has 4 aromatic rings. The fourth-order valence-electron chi connectivity index (χ4n) is 3.90. The Balaban J connectivity index is 1.46. The van der Waals surface area contributed by atoms with Gasteiger partial charge in [-0.05, 0) is 78.9 Å². The molecule has 0 heterocycles. The zero-order valence-corrected chi connectivity index (χ0v) is 25.2. The molecule has 0 spiro atoms. The maximum absolute atomic E-state index is 13.0. The number of anilines is 3. The summed E-state index contributed by atoms with van der Waals surface area (Å²) in [6.07, 6.45) is -3.61. The van der Waals surface area contributed by atoms with Gasteiger partial charge in [-0.1, -0.05) is 35.3 Å². The molecule has 8 nitrogen and oxygen atoms in total. The van der Waals surface area contributed by atoms with Gasteiger partial charge < -0.3 is 5.32 Å². The van der Waals surface area contributed by atoms with Crippen LogP contribution in [0.1, 0.15) is 21.5 Å². The fourth-order valence-corrected chi connectivity index (χ4v) is 6.33. The van der Waals surface area contributed by atoms with Gasteiger partial charge >= 0.3 is 6.18 Å². The van der Waals surface area contributed by atoms with Crippen LogP contribution in [0.4, 0.5) is 30.2 Å². The Morgan fingerprint density at radius 2 is 1.40 bits per heavy atom. The van der Waals surface area contributed by atoms with E-state index < -0.39 is 37.7 Å². The molecule has 2 N–H and O–H groups in total. The second kappa shape index (κ2) is 12.4. The number of benzene rings is 4. The number of halogens is 5. The molecule has 0 atom stereocenters. The average molecular weight is 673 g/mol. The van der Waals surface area contributed by atoms with Gasteiger partial charge in [0.25, 0.3) is 15.9 Å². The van der Waals surface area contributed by atoms with E-state index in [1.165, 1.54) is 54.6 Å². The highest BCUT2D eigenvalue weighted by Gasteiger charge is 2.31. The minimum atomic E-state index is -4.64. The normalized spacial score (nSPS) is 12.0. The van der Waals surface area contributed by atoms with E-state index in [9.17, 15) is 34.8 Å². The van der Waals surface area contributed by atoms with E-state index in [4.69, 9.17) is 23.2 Å². The van der Waals surface area contributed by atoms with E-state index in [-0.39, 0.29) is 34.1 Å². The van der Waals surface area contributed by atoms with Crippen molar-refractivity contribution < 1.29 is 34.8 Å². The summed E-state index contributed by atoms with van der Waals surface area (Å²) in [4.78, 5) is 12.6. The van der Waals surface area contributed by atoms with E-state index >= 15 is 0 Å². The number of alkyl halides is 3. The number of carbonyl (C=O) groups excluding carboxylic acids is 1. The van der Waals surface area contributed by atoms with Crippen molar-refractivity contribution in [2.45, 2.75) is 17.6 Å². The first-order valence-electron chi connectivity index (χ1n) is 12.2. The van der Waals surface area contributed by atoms with E-state index in [0.717, 1.165) is 22.7 Å². The van der Waals surface area contributed by atoms with Gasteiger partial charge in [-0.3, -0.25) is 13.8 Å². The fraction of sp³-hybridized carbons (Fsp3) is 0.107. The minimum Gasteiger partial charge on any atom is -0.322 e. The second-order valence-electron chi connectivity index (χ2n) is 9.18. The zero-order chi connectivity index (χ0) is 31.6. The molecule has 0 aliphatic heterocycles. The number of nitrogens with zero attached hydrogens (tertiary/aromatic N) is 1. The summed E-state index contributed by atoms with van der Waals surface area (Å²) < 4.78 is 92.5. The number of hydrogen-bond donors (Lipinski definition) is 2. The van der Waals surface area contributed by atoms with Crippen LogP contribution in [0.25, 0.3) is 0 Å². The maximum atomic E-state index is 13.0. The Labute approximate surface area is 256 Å². The highest BCUT2D eigenvalue weighted by molar-refractivity contribution is 7.92. The third-order valence-corrected chi connectivity index (χ3v) is 9.29. The van der Waals surface area contributed by atoms with Crippen molar-refractivity contribution in [2.24, 2.45) is 0 Å². The lowest BCUT2D eigenvalue weighted by Crippen LogP contribution is -2.29. The van der Waals surface area contributed by atoms with Crippen LogP contribution in [0.3, 0.4) is 0 Å². The molecular weight excluding hydrogens is 650 g/mol. The summed E-state index contributed by atoms with van der Waals surface area (Å²) in [5.74, 6) is -0.565. The van der Waals surface area contributed by atoms with Crippen molar-refractivity contribution in [2.75, 3.05) is 20.6 Å². The van der Waals surface area contributed by atoms with Crippen molar-refractivity contribution in [3.63, 3.8) is 0 Å². The van der Waals surface area contributed by atoms with Gasteiger partial charge in [0, 0.05) is 32.5 Å². The molecule has 0 saturated heterocycles. The smallest absolute Gasteiger partial charge is 0.322 e. The number of rotatable bonds is 9. The third kappa shape index (κ3) is 7.99. The van der Waals surface area contributed by atoms with Gasteiger partial charge in [0.2, 0.25) is 10.0 Å². The third-order valence-electron chi connectivity index (χ3n) is 6.05. The van der Waals surface area contributed by atoms with Crippen LogP contribution >= 0.6 is 23.2 Å². The molecule has 0 aromatic heterocycles. The molecule has 0 saturated carbocycles. The van der Waals surface area contributed by atoms with Crippen molar-refractivity contribution in [3.05, 3.63) is 118 Å². The van der Waals surface area contributed by atoms with Crippen LogP contribution in [0.2, 0.25) is 10.0 Å². The molecule has 4 aromatic carbocycles. The second-order valence-corrected chi connectivity index (χ2v) is 13.6. The summed E-state index contributed by atoms with van der Waals surface area (Å²) in [6.45, 7) is -0.138. The van der Waals surface area contributed by atoms with Gasteiger partial charge in [-0.25, -0.2) is 16.8 Å². The Kier molecular flexibility index (Phi) is 9.30. The van der Waals surface area contributed by atoms with E-state index in [1.54, 1.807) is 18.2 Å². The number of nitrogens with one attached hydrogen (secondary N) is 2. The number of amides is 1. The molecule has 1 amide bonds. The van der Waals surface area contributed by atoms with E-state index in [2.05, 4.69) is 10.0 Å². The van der Waals surface area contributed by atoms with Crippen molar-refractivity contribution >= 4 is 66.2 Å². The molecule has 226 valence electrons. The van der Waals surface area contributed by atoms with Crippen LogP contribution in [-0.2, 0) is 32.8 Å². The lowest BCUT2D eigenvalue weighted by Gasteiger charge is -2.23. The SMILES string of the molecule is CS(=O)(=O)N(Cc1c(Cl)cccc1Cl)c1ccc(C(=O)Nc2ccc(S(=O)(=O)Nc3cccc(C(F)(F)F)c3)cc2)cc1. The zero-order valence-electron chi connectivity index (χ0n) is 22.1. The predicted octanol–water partition coefficient (Wildman–Crippen LogP) is 7.03. The largest absolute Gasteiger partial charge is 0.416 e. The Morgan fingerprint density at radius 3 is 1.95 bits per heavy atom. The molecule has 0 fully saturated rings. The molecule has 43 heavy (non-hydrogen) atoms. The van der Waals surface area contributed by atoms with Crippen LogP contribution in [0.5, 0.6) is 0 Å². The predicted molar refractivity (Wildman–Crippen MR) is 161 cm³/mol. The van der Waals surface area contributed by atoms with Gasteiger partial charge in [-0.2, -0.15) is 13.2 Å². The Hall–Kier alpha value is -3.78. The quantitative estimate of drug-likeness (QED) is 0.198. The van der Waals surface area contributed by atoms with Crippen LogP contribution in [-0.4, -0.2) is 29.0 Å². The standard InChI is InChI=1S/C28H22Cl2F3N3O5S2/c1-42(38,39)36(17-24-25(29)6-3-7-26(24)30)22-12-8-18(9-13-22)27(37)34-20-10-14-23(15-11-20)43(40,41)35-21-5-2-4-19(16-21)28(31,32)33/h2-16,35H,17H2,1H3,(H,34,37). The minimum absolute atomic E-state index is 0.138. The summed E-state index contributed by atoms with van der Waals surface area (Å²) >= 11 is 12.4. The summed E-state index contributed by atoms with van der Waals surface area (Å²) in [6, 6.07) is 19.3. The van der Waals surface area contributed by atoms with Gasteiger partial charge in [0.05, 0.1) is 28.9 Å². The topological polar surface area (TPSA) is 113 Å². The monoisotopic (exact) mass is 671 g/mol. The molecular formula is C28H22Cl2F3N3O5S2. The van der Waals surface area contributed by atoms with Gasteiger partial charge in [0.15, 0.2) is 0 Å². The van der Waals surface area contributed by atoms with Gasteiger partial charge in [-0.15, -0.1) is 0 Å². The first-order chi connectivity index (χ1) is 20.0. The molecule has 0 aliphatic carbocycles. The number of hydrogen-bond acceptors (Lipinski definition) is 5. The summed E-state index contributed by atoms with van der Waals surface area (Å²) in [5.41, 5.74) is -0.187. The molecule has 0 aliphatic rings. The lowest BCUT2D eigenvalue weighted by atomic mass is 10.1. The van der Waals surface area contributed by atoms with Crippen LogP contribution in [0.15, 0.2) is 95.9 Å². The van der Waals surface area contributed by atoms with Crippen molar-refractivity contribution in [3.8, 4) is 0 Å². The first-order valence-corrected chi connectivity index (χ1v) is 16.3. The highest BCUT2D eigenvalue weighted by atomic mass is 35.5. The van der Waals surface area contributed by atoms with Crippen LogP contribution in [0, 0.1) is 0 Å². The maximum Gasteiger partial charge on any atom is 0.416 e. The number of sulfonamides is 2. The van der Waals surface area contributed by atoms with Gasteiger partial charge in [0.1, 0.15) is 0 Å². The molecule has 0 radical (unpaired) electrons. The number of carbonyl (C=O) groups is 1. The summed E-state index contributed by atoms with van der Waals surface area (Å²) in [5, 5.41) is 3.19. The first kappa shape index (κ1) is 32.1. The van der Waals surface area contributed by atoms with Crippen molar-refractivity contribution in [1.82, 2.24) is 0 Å². The highest BCUT2D eigenvalue weighted by Crippen LogP contribution is 2.32. The molecule has 4 rings (SSSR count). The summed E-state index contributed by atoms with van der Waals surface area (Å²) in [7, 11) is -7.99. The van der Waals surface area contributed by atoms with E-state index in [1.807, 2.05) is 0 Å². The Morgan fingerprint density at radius 1 is 0.814 bits per heavy atom. The van der Waals surface area contributed by atoms with Crippen LogP contribution < -0.4 is 14.3 Å². The molecule has 0 unspecified atom stereocenters. The van der Waals surface area contributed by atoms with Crippen molar-refractivity contribution in [1.29, 1.82) is 0 Å². The van der Waals surface area contributed by atoms with E-state index in [0.29, 0.717) is 21.7 Å². The molecule has 15 heteroatoms. The average Bonchev–Trinajstić information content (AvgIpc) is 2.92. The Bertz CT molecular complexity index is 1850. The lowest BCUT2D eigenvalue weighted by molar-refractivity contribution is -0.137.